The lowest BCUT2D eigenvalue weighted by Gasteiger charge is -2.15. The van der Waals surface area contributed by atoms with Gasteiger partial charge in [0.05, 0.1) is 0 Å². The Morgan fingerprint density at radius 1 is 1.22 bits per heavy atom. The van der Waals surface area contributed by atoms with Crippen LogP contribution in [0.2, 0.25) is 0 Å². The van der Waals surface area contributed by atoms with E-state index in [1.54, 1.807) is 0 Å². The van der Waals surface area contributed by atoms with E-state index < -0.39 is 0 Å². The van der Waals surface area contributed by atoms with E-state index in [0.717, 1.165) is 18.7 Å². The highest BCUT2D eigenvalue weighted by Crippen LogP contribution is 2.19. The van der Waals surface area contributed by atoms with Gasteiger partial charge in [-0.05, 0) is 31.2 Å². The minimum atomic E-state index is 0.437. The van der Waals surface area contributed by atoms with Crippen molar-refractivity contribution in [1.29, 1.82) is 0 Å². The van der Waals surface area contributed by atoms with Gasteiger partial charge in [-0.25, -0.2) is 4.98 Å². The van der Waals surface area contributed by atoms with Crippen LogP contribution in [0.1, 0.15) is 37.7 Å². The Morgan fingerprint density at radius 3 is 2.50 bits per heavy atom. The predicted octanol–water partition coefficient (Wildman–Crippen LogP) is 3.11. The van der Waals surface area contributed by atoms with Gasteiger partial charge in [0.15, 0.2) is 0 Å². The Labute approximate surface area is 109 Å². The number of rotatable bonds is 5. The van der Waals surface area contributed by atoms with Crippen molar-refractivity contribution in [2.45, 2.75) is 32.7 Å². The maximum Gasteiger partial charge on any atom is 0.112 e. The van der Waals surface area contributed by atoms with E-state index in [4.69, 9.17) is 0 Å². The van der Waals surface area contributed by atoms with Gasteiger partial charge in [-0.1, -0.05) is 26.0 Å². The van der Waals surface area contributed by atoms with Crippen molar-refractivity contribution in [2.75, 3.05) is 7.05 Å². The van der Waals surface area contributed by atoms with Crippen LogP contribution < -0.4 is 5.32 Å². The smallest absolute Gasteiger partial charge is 0.112 e. The van der Waals surface area contributed by atoms with E-state index in [1.165, 1.54) is 11.3 Å². The summed E-state index contributed by atoms with van der Waals surface area (Å²) in [6.07, 6.45) is 5.92. The molecular weight excluding hydrogens is 222 g/mol. The standard InChI is InChI=1S/C15H21N3/c1-4-14(16-3)12-6-8-13(9-7-12)18-11-10-17-15(18)5-2/h6-11,14,16H,4-5H2,1-3H3. The number of nitrogens with one attached hydrogen (secondary N) is 1. The number of aryl methyl sites for hydroxylation is 1. The van der Waals surface area contributed by atoms with E-state index >= 15 is 0 Å². The monoisotopic (exact) mass is 243 g/mol. The van der Waals surface area contributed by atoms with Gasteiger partial charge in [0.1, 0.15) is 5.82 Å². The molecule has 3 heteroatoms. The summed E-state index contributed by atoms with van der Waals surface area (Å²) in [5, 5.41) is 3.33. The van der Waals surface area contributed by atoms with Crippen molar-refractivity contribution in [1.82, 2.24) is 14.9 Å². The normalized spacial score (nSPS) is 12.6. The summed E-state index contributed by atoms with van der Waals surface area (Å²) in [5.74, 6) is 1.10. The molecule has 0 amide bonds. The Hall–Kier alpha value is -1.61. The molecule has 0 fully saturated rings. The first-order valence-electron chi connectivity index (χ1n) is 6.60. The van der Waals surface area contributed by atoms with E-state index in [9.17, 15) is 0 Å². The summed E-state index contributed by atoms with van der Waals surface area (Å²) in [6.45, 7) is 4.32. The molecule has 0 aliphatic carbocycles. The fraction of sp³-hybridized carbons (Fsp3) is 0.400. The second-order valence-corrected chi connectivity index (χ2v) is 4.41. The average molecular weight is 243 g/mol. The van der Waals surface area contributed by atoms with Crippen molar-refractivity contribution in [3.63, 3.8) is 0 Å². The van der Waals surface area contributed by atoms with Crippen LogP contribution in [-0.4, -0.2) is 16.6 Å². The van der Waals surface area contributed by atoms with Gasteiger partial charge < -0.3 is 9.88 Å². The lowest BCUT2D eigenvalue weighted by atomic mass is 10.0. The SMILES string of the molecule is CCc1nccn1-c1ccc(C(CC)NC)cc1. The zero-order valence-corrected chi connectivity index (χ0v) is 11.4. The van der Waals surface area contributed by atoms with Gasteiger partial charge in [0.2, 0.25) is 0 Å². The van der Waals surface area contributed by atoms with Crippen LogP contribution in [0.15, 0.2) is 36.7 Å². The number of benzene rings is 1. The first kappa shape index (κ1) is 12.8. The Bertz CT molecular complexity index is 481. The molecule has 1 aromatic carbocycles. The molecule has 2 rings (SSSR count). The van der Waals surface area contributed by atoms with E-state index in [2.05, 4.69) is 53.0 Å². The third-order valence-electron chi connectivity index (χ3n) is 3.36. The second kappa shape index (κ2) is 5.83. The minimum Gasteiger partial charge on any atom is -0.313 e. The molecule has 0 aliphatic rings. The summed E-state index contributed by atoms with van der Waals surface area (Å²) in [5.41, 5.74) is 2.51. The molecule has 1 N–H and O–H groups in total. The lowest BCUT2D eigenvalue weighted by Crippen LogP contribution is -2.15. The molecule has 2 aromatic rings. The number of aromatic nitrogens is 2. The van der Waals surface area contributed by atoms with Crippen LogP contribution in [0.4, 0.5) is 0 Å². The fourth-order valence-corrected chi connectivity index (χ4v) is 2.30. The highest BCUT2D eigenvalue weighted by molar-refractivity contribution is 5.37. The zero-order chi connectivity index (χ0) is 13.0. The third kappa shape index (κ3) is 2.46. The maximum absolute atomic E-state index is 4.35. The summed E-state index contributed by atoms with van der Waals surface area (Å²) in [7, 11) is 2.01. The Balaban J connectivity index is 2.27. The molecule has 96 valence electrons. The van der Waals surface area contributed by atoms with Crippen molar-refractivity contribution in [3.8, 4) is 5.69 Å². The third-order valence-corrected chi connectivity index (χ3v) is 3.36. The largest absolute Gasteiger partial charge is 0.313 e. The van der Waals surface area contributed by atoms with Crippen LogP contribution >= 0.6 is 0 Å². The first-order valence-corrected chi connectivity index (χ1v) is 6.60. The van der Waals surface area contributed by atoms with E-state index in [-0.39, 0.29) is 0 Å². The summed E-state index contributed by atoms with van der Waals surface area (Å²) >= 11 is 0. The Kier molecular flexibility index (Phi) is 4.15. The van der Waals surface area contributed by atoms with Gasteiger partial charge in [-0.3, -0.25) is 0 Å². The molecule has 0 saturated heterocycles. The quantitative estimate of drug-likeness (QED) is 0.874. The molecular formula is C15H21N3. The van der Waals surface area contributed by atoms with Crippen LogP contribution in [0.5, 0.6) is 0 Å². The van der Waals surface area contributed by atoms with Crippen molar-refractivity contribution >= 4 is 0 Å². The molecule has 0 radical (unpaired) electrons. The first-order chi connectivity index (χ1) is 8.80. The lowest BCUT2D eigenvalue weighted by molar-refractivity contribution is 0.577. The average Bonchev–Trinajstić information content (AvgIpc) is 2.89. The number of nitrogens with zero attached hydrogens (tertiary/aromatic N) is 2. The molecule has 1 heterocycles. The topological polar surface area (TPSA) is 29.9 Å². The van der Waals surface area contributed by atoms with Crippen molar-refractivity contribution in [2.24, 2.45) is 0 Å². The van der Waals surface area contributed by atoms with Gasteiger partial charge >= 0.3 is 0 Å². The number of imidazole rings is 1. The van der Waals surface area contributed by atoms with E-state index in [1.807, 2.05) is 19.4 Å². The maximum atomic E-state index is 4.35. The predicted molar refractivity (Wildman–Crippen MR) is 75.0 cm³/mol. The van der Waals surface area contributed by atoms with Crippen LogP contribution in [0.25, 0.3) is 5.69 Å². The molecule has 18 heavy (non-hydrogen) atoms. The zero-order valence-electron chi connectivity index (χ0n) is 11.4. The van der Waals surface area contributed by atoms with Crippen molar-refractivity contribution in [3.05, 3.63) is 48.0 Å². The molecule has 1 atom stereocenters. The molecule has 1 aromatic heterocycles. The number of hydrogen-bond acceptors (Lipinski definition) is 2. The van der Waals surface area contributed by atoms with Gasteiger partial charge in [-0.2, -0.15) is 0 Å². The molecule has 0 bridgehead atoms. The summed E-state index contributed by atoms with van der Waals surface area (Å²) < 4.78 is 2.14. The summed E-state index contributed by atoms with van der Waals surface area (Å²) in [4.78, 5) is 4.35. The Morgan fingerprint density at radius 2 is 1.94 bits per heavy atom. The van der Waals surface area contributed by atoms with E-state index in [0.29, 0.717) is 6.04 Å². The highest BCUT2D eigenvalue weighted by Gasteiger charge is 2.07. The molecule has 0 aliphatic heterocycles. The minimum absolute atomic E-state index is 0.437. The summed E-state index contributed by atoms with van der Waals surface area (Å²) in [6, 6.07) is 9.15. The number of hydrogen-bond donors (Lipinski definition) is 1. The van der Waals surface area contributed by atoms with Gasteiger partial charge in [-0.15, -0.1) is 0 Å². The highest BCUT2D eigenvalue weighted by atomic mass is 15.1. The second-order valence-electron chi connectivity index (χ2n) is 4.41. The van der Waals surface area contributed by atoms with Crippen LogP contribution in [0, 0.1) is 0 Å². The molecule has 3 nitrogen and oxygen atoms in total. The molecule has 0 saturated carbocycles. The fourth-order valence-electron chi connectivity index (χ4n) is 2.30. The molecule has 1 unspecified atom stereocenters. The van der Waals surface area contributed by atoms with Crippen LogP contribution in [-0.2, 0) is 6.42 Å². The van der Waals surface area contributed by atoms with Crippen LogP contribution in [0.3, 0.4) is 0 Å². The van der Waals surface area contributed by atoms with Gasteiger partial charge in [0.25, 0.3) is 0 Å². The molecule has 0 spiro atoms. The van der Waals surface area contributed by atoms with Crippen molar-refractivity contribution < 1.29 is 0 Å². The van der Waals surface area contributed by atoms with Gasteiger partial charge in [0, 0.05) is 30.5 Å².